The first-order valence-electron chi connectivity index (χ1n) is 6.18. The van der Waals surface area contributed by atoms with E-state index >= 15 is 0 Å². The van der Waals surface area contributed by atoms with Crippen LogP contribution in [0.5, 0.6) is 0 Å². The Morgan fingerprint density at radius 1 is 1.22 bits per heavy atom. The molecule has 2 aromatic rings. The maximum absolute atomic E-state index is 3.65. The monoisotopic (exact) mass is 323 g/mol. The van der Waals surface area contributed by atoms with Gasteiger partial charge in [-0.15, -0.1) is 0 Å². The van der Waals surface area contributed by atoms with Crippen LogP contribution in [0.1, 0.15) is 31.0 Å². The summed E-state index contributed by atoms with van der Waals surface area (Å²) in [4.78, 5) is 0. The second-order valence-electron chi connectivity index (χ2n) is 4.65. The quantitative estimate of drug-likeness (QED) is 0.833. The first-order valence-corrected chi connectivity index (χ1v) is 7.92. The summed E-state index contributed by atoms with van der Waals surface area (Å²) < 4.78 is 1.17. The van der Waals surface area contributed by atoms with Crippen molar-refractivity contribution in [1.82, 2.24) is 5.32 Å². The van der Waals surface area contributed by atoms with Gasteiger partial charge in [-0.05, 0) is 54.3 Å². The third-order valence-electron chi connectivity index (χ3n) is 3.03. The van der Waals surface area contributed by atoms with Gasteiger partial charge >= 0.3 is 0 Å². The minimum atomic E-state index is 0.356. The SMILES string of the molecule is CC(Cc1ccsc1)NC(C)c1ccccc1Br. The summed E-state index contributed by atoms with van der Waals surface area (Å²) in [6.07, 6.45) is 1.08. The van der Waals surface area contributed by atoms with Crippen LogP contribution >= 0.6 is 27.3 Å². The van der Waals surface area contributed by atoms with E-state index in [1.54, 1.807) is 11.3 Å². The van der Waals surface area contributed by atoms with Gasteiger partial charge in [0.15, 0.2) is 0 Å². The van der Waals surface area contributed by atoms with Gasteiger partial charge in [0, 0.05) is 16.6 Å². The molecule has 0 saturated carbocycles. The van der Waals surface area contributed by atoms with Crippen molar-refractivity contribution in [2.75, 3.05) is 0 Å². The minimum absolute atomic E-state index is 0.356. The largest absolute Gasteiger partial charge is 0.307 e. The Morgan fingerprint density at radius 2 is 2.00 bits per heavy atom. The molecule has 0 amide bonds. The predicted molar refractivity (Wildman–Crippen MR) is 83.2 cm³/mol. The molecular formula is C15H18BrNS. The van der Waals surface area contributed by atoms with Crippen LogP contribution in [0, 0.1) is 0 Å². The van der Waals surface area contributed by atoms with Crippen molar-refractivity contribution in [1.29, 1.82) is 0 Å². The van der Waals surface area contributed by atoms with Crippen molar-refractivity contribution in [3.8, 4) is 0 Å². The summed E-state index contributed by atoms with van der Waals surface area (Å²) in [7, 11) is 0. The van der Waals surface area contributed by atoms with E-state index < -0.39 is 0 Å². The smallest absolute Gasteiger partial charge is 0.0305 e. The van der Waals surface area contributed by atoms with E-state index in [1.807, 2.05) is 0 Å². The zero-order valence-corrected chi connectivity index (χ0v) is 13.1. The van der Waals surface area contributed by atoms with Gasteiger partial charge in [-0.2, -0.15) is 11.3 Å². The fourth-order valence-corrected chi connectivity index (χ4v) is 3.47. The Labute approximate surface area is 121 Å². The highest BCUT2D eigenvalue weighted by Crippen LogP contribution is 2.23. The molecule has 0 radical (unpaired) electrons. The van der Waals surface area contributed by atoms with Gasteiger partial charge in [0.2, 0.25) is 0 Å². The molecule has 2 atom stereocenters. The van der Waals surface area contributed by atoms with Gasteiger partial charge in [-0.1, -0.05) is 34.1 Å². The highest BCUT2D eigenvalue weighted by Gasteiger charge is 2.12. The lowest BCUT2D eigenvalue weighted by Crippen LogP contribution is -2.30. The molecule has 0 aliphatic carbocycles. The zero-order chi connectivity index (χ0) is 13.0. The number of rotatable bonds is 5. The molecule has 0 saturated heterocycles. The molecule has 1 heterocycles. The van der Waals surface area contributed by atoms with Crippen LogP contribution in [0.2, 0.25) is 0 Å². The van der Waals surface area contributed by atoms with Crippen LogP contribution < -0.4 is 5.32 Å². The third kappa shape index (κ3) is 3.67. The topological polar surface area (TPSA) is 12.0 Å². The summed E-state index contributed by atoms with van der Waals surface area (Å²) >= 11 is 5.37. The van der Waals surface area contributed by atoms with Crippen molar-refractivity contribution in [2.24, 2.45) is 0 Å². The van der Waals surface area contributed by atoms with Gasteiger partial charge in [-0.25, -0.2) is 0 Å². The van der Waals surface area contributed by atoms with Crippen LogP contribution in [0.25, 0.3) is 0 Å². The van der Waals surface area contributed by atoms with Gasteiger partial charge in [0.05, 0.1) is 0 Å². The summed E-state index contributed by atoms with van der Waals surface area (Å²) in [6.45, 7) is 4.45. The fourth-order valence-electron chi connectivity index (χ4n) is 2.16. The van der Waals surface area contributed by atoms with E-state index in [4.69, 9.17) is 0 Å². The second-order valence-corrected chi connectivity index (χ2v) is 6.28. The molecule has 0 fully saturated rings. The molecule has 1 N–H and O–H groups in total. The molecule has 0 bridgehead atoms. The van der Waals surface area contributed by atoms with Crippen LogP contribution in [0.4, 0.5) is 0 Å². The van der Waals surface area contributed by atoms with E-state index in [0.29, 0.717) is 12.1 Å². The Bertz CT molecular complexity index is 481. The normalized spacial score (nSPS) is 14.4. The lowest BCUT2D eigenvalue weighted by molar-refractivity contribution is 0.476. The molecule has 3 heteroatoms. The Kier molecular flexibility index (Phi) is 4.98. The van der Waals surface area contributed by atoms with E-state index in [0.717, 1.165) is 6.42 Å². The second kappa shape index (κ2) is 6.50. The summed E-state index contributed by atoms with van der Waals surface area (Å²) in [5.41, 5.74) is 2.73. The lowest BCUT2D eigenvalue weighted by Gasteiger charge is -2.21. The van der Waals surface area contributed by atoms with Gasteiger partial charge in [0.25, 0.3) is 0 Å². The average molecular weight is 324 g/mol. The number of thiophene rings is 1. The Morgan fingerprint density at radius 3 is 2.67 bits per heavy atom. The molecule has 1 nitrogen and oxygen atoms in total. The molecule has 1 aromatic heterocycles. The molecular weight excluding hydrogens is 306 g/mol. The van der Waals surface area contributed by atoms with Crippen LogP contribution in [-0.4, -0.2) is 6.04 Å². The average Bonchev–Trinajstić information content (AvgIpc) is 2.82. The Hall–Kier alpha value is -0.640. The van der Waals surface area contributed by atoms with E-state index in [-0.39, 0.29) is 0 Å². The van der Waals surface area contributed by atoms with Gasteiger partial charge in [0.1, 0.15) is 0 Å². The zero-order valence-electron chi connectivity index (χ0n) is 10.7. The van der Waals surface area contributed by atoms with Crippen molar-refractivity contribution in [3.63, 3.8) is 0 Å². The van der Waals surface area contributed by atoms with Crippen LogP contribution in [0.3, 0.4) is 0 Å². The third-order valence-corrected chi connectivity index (χ3v) is 4.48. The highest BCUT2D eigenvalue weighted by atomic mass is 79.9. The van der Waals surface area contributed by atoms with Gasteiger partial charge in [-0.3, -0.25) is 0 Å². The minimum Gasteiger partial charge on any atom is -0.307 e. The highest BCUT2D eigenvalue weighted by molar-refractivity contribution is 9.10. The number of hydrogen-bond donors (Lipinski definition) is 1. The van der Waals surface area contributed by atoms with Crippen molar-refractivity contribution < 1.29 is 0 Å². The summed E-state index contributed by atoms with van der Waals surface area (Å²) in [6, 6.07) is 11.4. The first kappa shape index (κ1) is 13.8. The number of halogens is 1. The molecule has 1 aromatic carbocycles. The first-order chi connectivity index (χ1) is 8.66. The van der Waals surface area contributed by atoms with Crippen LogP contribution in [0.15, 0.2) is 45.6 Å². The molecule has 2 rings (SSSR count). The molecule has 18 heavy (non-hydrogen) atoms. The van der Waals surface area contributed by atoms with Crippen molar-refractivity contribution >= 4 is 27.3 Å². The predicted octanol–water partition coefficient (Wildman–Crippen LogP) is 4.79. The summed E-state index contributed by atoms with van der Waals surface area (Å²) in [5, 5.41) is 8.01. The molecule has 2 unspecified atom stereocenters. The molecule has 0 spiro atoms. The number of benzene rings is 1. The maximum Gasteiger partial charge on any atom is 0.0305 e. The fraction of sp³-hybridized carbons (Fsp3) is 0.333. The van der Waals surface area contributed by atoms with E-state index in [1.165, 1.54) is 15.6 Å². The standard InChI is InChI=1S/C15H18BrNS/c1-11(9-13-7-8-18-10-13)17-12(2)14-5-3-4-6-15(14)16/h3-8,10-12,17H,9H2,1-2H3. The molecule has 96 valence electrons. The van der Waals surface area contributed by atoms with Gasteiger partial charge < -0.3 is 5.32 Å². The maximum atomic E-state index is 3.65. The number of hydrogen-bond acceptors (Lipinski definition) is 2. The lowest BCUT2D eigenvalue weighted by atomic mass is 10.1. The van der Waals surface area contributed by atoms with Crippen LogP contribution in [-0.2, 0) is 6.42 Å². The summed E-state index contributed by atoms with van der Waals surface area (Å²) in [5.74, 6) is 0. The van der Waals surface area contributed by atoms with E-state index in [9.17, 15) is 0 Å². The molecule has 0 aliphatic rings. The van der Waals surface area contributed by atoms with E-state index in [2.05, 4.69) is 76.2 Å². The molecule has 0 aliphatic heterocycles. The number of nitrogens with one attached hydrogen (secondary N) is 1. The van der Waals surface area contributed by atoms with Crippen molar-refractivity contribution in [3.05, 3.63) is 56.7 Å². The van der Waals surface area contributed by atoms with Crippen molar-refractivity contribution in [2.45, 2.75) is 32.4 Å². The Balaban J connectivity index is 1.95.